The summed E-state index contributed by atoms with van der Waals surface area (Å²) in [5, 5.41) is 15.5. The molecule has 0 saturated carbocycles. The van der Waals surface area contributed by atoms with Crippen molar-refractivity contribution >= 4 is 44.7 Å². The molecule has 220 valence electrons. The first kappa shape index (κ1) is 30.0. The number of sulfone groups is 1. The number of piperazine rings is 1. The fraction of sp³-hybridized carbons (Fsp3) is 0.429. The molecule has 13 heteroatoms. The summed E-state index contributed by atoms with van der Waals surface area (Å²) in [5.41, 5.74) is 0.930. The molecule has 3 N–H and O–H groups in total. The van der Waals surface area contributed by atoms with Crippen LogP contribution in [0, 0.1) is 0 Å². The van der Waals surface area contributed by atoms with E-state index in [-0.39, 0.29) is 29.1 Å². The molecule has 1 aromatic heterocycles. The van der Waals surface area contributed by atoms with Crippen molar-refractivity contribution in [1.29, 1.82) is 0 Å². The molecule has 4 rings (SSSR count). The Bertz CT molecular complexity index is 1480. The van der Waals surface area contributed by atoms with Gasteiger partial charge in [-0.05, 0) is 52.0 Å². The van der Waals surface area contributed by atoms with E-state index in [9.17, 15) is 18.3 Å². The van der Waals surface area contributed by atoms with Crippen LogP contribution in [0.2, 0.25) is 0 Å². The molecule has 3 aromatic rings. The van der Waals surface area contributed by atoms with Gasteiger partial charge in [0.1, 0.15) is 12.1 Å². The van der Waals surface area contributed by atoms with E-state index in [0.717, 1.165) is 5.69 Å². The van der Waals surface area contributed by atoms with Crippen LogP contribution in [0.1, 0.15) is 34.1 Å². The van der Waals surface area contributed by atoms with Crippen molar-refractivity contribution in [3.8, 4) is 5.75 Å². The molecule has 0 spiro atoms. The van der Waals surface area contributed by atoms with E-state index >= 15 is 0 Å². The zero-order valence-corrected chi connectivity index (χ0v) is 24.8. The van der Waals surface area contributed by atoms with Crippen LogP contribution in [0.25, 0.3) is 0 Å². The summed E-state index contributed by atoms with van der Waals surface area (Å²) >= 11 is 0. The Balaban J connectivity index is 1.46. The monoisotopic (exact) mass is 583 g/mol. The number of aromatic nitrogens is 3. The minimum atomic E-state index is -3.52. The number of nitrogens with zero attached hydrogens (tertiary/aromatic N) is 5. The molecule has 0 radical (unpaired) electrons. The van der Waals surface area contributed by atoms with Crippen LogP contribution in [0.5, 0.6) is 5.75 Å². The molecule has 2 aromatic carbocycles. The molecular weight excluding hydrogens is 546 g/mol. The highest BCUT2D eigenvalue weighted by Gasteiger charge is 2.26. The smallest absolute Gasteiger partial charge is 0.232 e. The molecule has 1 aliphatic heterocycles. The Hall–Kier alpha value is -3.97. The highest BCUT2D eigenvalue weighted by Crippen LogP contribution is 2.32. The maximum Gasteiger partial charge on any atom is 0.232 e. The minimum Gasteiger partial charge on any atom is -0.494 e. The Kier molecular flexibility index (Phi) is 8.98. The lowest BCUT2D eigenvalue weighted by atomic mass is 10.0. The van der Waals surface area contributed by atoms with Crippen molar-refractivity contribution < 1.29 is 23.1 Å². The number of para-hydroxylation sites is 1. The molecule has 2 heterocycles. The van der Waals surface area contributed by atoms with Crippen LogP contribution in [0.4, 0.5) is 29.0 Å². The Morgan fingerprint density at radius 3 is 2.27 bits per heavy atom. The summed E-state index contributed by atoms with van der Waals surface area (Å²) < 4.78 is 31.2. The number of carbonyl (C=O) groups excluding carboxylic acids is 1. The summed E-state index contributed by atoms with van der Waals surface area (Å²) in [7, 11) is -1.95. The standard InChI is InChI=1S/C28H37N7O5S/c1-19(2)41(38,39)24-9-7-6-8-22(24)32-27-30-18-29-26(33-27)31-21-11-10-20(16-23(21)40-5)34-12-14-35(15-13-34)25(36)17-28(3,4)37/h6-11,16,18-19,37H,12-15,17H2,1-5H3,(H2,29,30,31,32,33). The number of methoxy groups -OCH3 is 1. The third-order valence-electron chi connectivity index (χ3n) is 6.65. The zero-order chi connectivity index (χ0) is 29.8. The van der Waals surface area contributed by atoms with Gasteiger partial charge in [-0.1, -0.05) is 12.1 Å². The second kappa shape index (κ2) is 12.3. The number of benzene rings is 2. The van der Waals surface area contributed by atoms with E-state index in [0.29, 0.717) is 43.3 Å². The molecule has 0 unspecified atom stereocenters. The summed E-state index contributed by atoms with van der Waals surface area (Å²) in [6, 6.07) is 12.4. The number of amides is 1. The third kappa shape index (κ3) is 7.41. The van der Waals surface area contributed by atoms with Crippen molar-refractivity contribution in [3.63, 3.8) is 0 Å². The number of aliphatic hydroxyl groups is 1. The summed E-state index contributed by atoms with van der Waals surface area (Å²) in [4.78, 5) is 29.4. The van der Waals surface area contributed by atoms with Gasteiger partial charge in [-0.15, -0.1) is 0 Å². The Morgan fingerprint density at radius 2 is 1.66 bits per heavy atom. The van der Waals surface area contributed by atoms with E-state index in [1.807, 2.05) is 18.2 Å². The number of hydrogen-bond donors (Lipinski definition) is 3. The SMILES string of the molecule is COc1cc(N2CCN(C(=O)CC(C)(C)O)CC2)ccc1Nc1ncnc(Nc2ccccc2S(=O)(=O)C(C)C)n1. The fourth-order valence-electron chi connectivity index (χ4n) is 4.41. The quantitative estimate of drug-likeness (QED) is 0.322. The number of hydrogen-bond acceptors (Lipinski definition) is 11. The lowest BCUT2D eigenvalue weighted by molar-refractivity contribution is -0.135. The molecule has 0 aliphatic carbocycles. The summed E-state index contributed by atoms with van der Waals surface area (Å²) in [5.74, 6) is 0.954. The van der Waals surface area contributed by atoms with Crippen LogP contribution in [-0.2, 0) is 14.6 Å². The minimum absolute atomic E-state index is 0.0504. The average molecular weight is 584 g/mol. The molecule has 1 fully saturated rings. The van der Waals surface area contributed by atoms with Crippen molar-refractivity contribution in [2.45, 2.75) is 49.9 Å². The highest BCUT2D eigenvalue weighted by molar-refractivity contribution is 7.92. The van der Waals surface area contributed by atoms with Gasteiger partial charge >= 0.3 is 0 Å². The van der Waals surface area contributed by atoms with Gasteiger partial charge in [0.15, 0.2) is 9.84 Å². The van der Waals surface area contributed by atoms with Crippen molar-refractivity contribution in [2.24, 2.45) is 0 Å². The molecular formula is C28H37N7O5S. The number of rotatable bonds is 10. The predicted molar refractivity (Wildman–Crippen MR) is 158 cm³/mol. The first-order valence-electron chi connectivity index (χ1n) is 13.4. The van der Waals surface area contributed by atoms with Gasteiger partial charge in [0, 0.05) is 37.9 Å². The van der Waals surface area contributed by atoms with Gasteiger partial charge in [-0.25, -0.2) is 18.4 Å². The lowest BCUT2D eigenvalue weighted by Gasteiger charge is -2.37. The highest BCUT2D eigenvalue weighted by atomic mass is 32.2. The topological polar surface area (TPSA) is 150 Å². The van der Waals surface area contributed by atoms with Gasteiger partial charge in [-0.3, -0.25) is 4.79 Å². The molecule has 0 atom stereocenters. The maximum absolute atomic E-state index is 12.8. The molecule has 0 bridgehead atoms. The van der Waals surface area contributed by atoms with Crippen molar-refractivity contribution in [2.75, 3.05) is 48.8 Å². The van der Waals surface area contributed by atoms with E-state index in [4.69, 9.17) is 4.74 Å². The molecule has 41 heavy (non-hydrogen) atoms. The molecule has 1 aliphatic rings. The predicted octanol–water partition coefficient (Wildman–Crippen LogP) is 3.36. The van der Waals surface area contributed by atoms with E-state index in [1.165, 1.54) is 6.33 Å². The summed E-state index contributed by atoms with van der Waals surface area (Å²) in [6.07, 6.45) is 1.43. The Labute approximate surface area is 240 Å². The van der Waals surface area contributed by atoms with Crippen molar-refractivity contribution in [3.05, 3.63) is 48.8 Å². The van der Waals surface area contributed by atoms with Gasteiger partial charge in [0.25, 0.3) is 0 Å². The first-order chi connectivity index (χ1) is 19.4. The number of anilines is 5. The van der Waals surface area contributed by atoms with E-state index in [1.54, 1.807) is 64.0 Å². The third-order valence-corrected chi connectivity index (χ3v) is 8.86. The summed E-state index contributed by atoms with van der Waals surface area (Å²) in [6.45, 7) is 8.99. The molecule has 12 nitrogen and oxygen atoms in total. The second-order valence-corrected chi connectivity index (χ2v) is 13.2. The lowest BCUT2D eigenvalue weighted by Crippen LogP contribution is -2.50. The van der Waals surface area contributed by atoms with Crippen molar-refractivity contribution in [1.82, 2.24) is 19.9 Å². The molecule has 1 saturated heterocycles. The van der Waals surface area contributed by atoms with E-state index < -0.39 is 20.7 Å². The average Bonchev–Trinajstić information content (AvgIpc) is 2.93. The van der Waals surface area contributed by atoms with Crippen LogP contribution >= 0.6 is 0 Å². The number of carbonyl (C=O) groups is 1. The van der Waals surface area contributed by atoms with Crippen LogP contribution in [0.15, 0.2) is 53.7 Å². The van der Waals surface area contributed by atoms with Crippen LogP contribution in [0.3, 0.4) is 0 Å². The first-order valence-corrected chi connectivity index (χ1v) is 14.9. The van der Waals surface area contributed by atoms with Crippen LogP contribution in [-0.4, -0.2) is 83.4 Å². The number of ether oxygens (including phenoxy) is 1. The Morgan fingerprint density at radius 1 is 1.02 bits per heavy atom. The largest absolute Gasteiger partial charge is 0.494 e. The second-order valence-electron chi connectivity index (χ2n) is 10.7. The number of nitrogens with one attached hydrogen (secondary N) is 2. The van der Waals surface area contributed by atoms with Crippen LogP contribution < -0.4 is 20.3 Å². The fourth-order valence-corrected chi connectivity index (χ4v) is 5.61. The maximum atomic E-state index is 12.8. The zero-order valence-electron chi connectivity index (χ0n) is 24.0. The van der Waals surface area contributed by atoms with Gasteiger partial charge in [0.2, 0.25) is 17.8 Å². The van der Waals surface area contributed by atoms with E-state index in [2.05, 4.69) is 30.5 Å². The normalized spacial score (nSPS) is 14.2. The molecule has 1 amide bonds. The van der Waals surface area contributed by atoms with Gasteiger partial charge < -0.3 is 30.3 Å². The van der Waals surface area contributed by atoms with Gasteiger partial charge in [-0.2, -0.15) is 4.98 Å². The van der Waals surface area contributed by atoms with Gasteiger partial charge in [0.05, 0.1) is 40.7 Å².